The van der Waals surface area contributed by atoms with Crippen molar-refractivity contribution in [2.45, 2.75) is 25.8 Å². The summed E-state index contributed by atoms with van der Waals surface area (Å²) in [5.41, 5.74) is 1.03. The van der Waals surface area contributed by atoms with Gasteiger partial charge in [0.2, 0.25) is 11.8 Å². The Hall–Kier alpha value is -2.44. The number of hydrogen-bond donors (Lipinski definition) is 2. The lowest BCUT2D eigenvalue weighted by molar-refractivity contribution is -0.384. The number of rotatable bonds is 3. The molecule has 0 aliphatic carbocycles. The molecule has 0 radical (unpaired) electrons. The van der Waals surface area contributed by atoms with E-state index in [1.165, 1.54) is 12.1 Å². The highest BCUT2D eigenvalue weighted by Crippen LogP contribution is 2.22. The van der Waals surface area contributed by atoms with Gasteiger partial charge in [0.15, 0.2) is 0 Å². The Morgan fingerprint density at radius 3 is 2.84 bits per heavy atom. The van der Waals surface area contributed by atoms with Crippen LogP contribution in [0.25, 0.3) is 0 Å². The Morgan fingerprint density at radius 2 is 2.26 bits per heavy atom. The maximum Gasteiger partial charge on any atom is 0.271 e. The van der Waals surface area contributed by atoms with Crippen molar-refractivity contribution < 1.29 is 14.5 Å². The van der Waals surface area contributed by atoms with E-state index in [1.54, 1.807) is 13.0 Å². The molecule has 7 nitrogen and oxygen atoms in total. The number of benzene rings is 1. The summed E-state index contributed by atoms with van der Waals surface area (Å²) in [5.74, 6) is -0.509. The number of non-ortho nitro benzene ring substituents is 1. The molecule has 1 fully saturated rings. The fourth-order valence-corrected chi connectivity index (χ4v) is 1.89. The third-order valence-corrected chi connectivity index (χ3v) is 3.00. The maximum absolute atomic E-state index is 11.9. The first-order valence-corrected chi connectivity index (χ1v) is 5.82. The number of nitrogens with zero attached hydrogens (tertiary/aromatic N) is 1. The molecule has 1 aliphatic heterocycles. The van der Waals surface area contributed by atoms with Crippen molar-refractivity contribution in [2.24, 2.45) is 0 Å². The minimum Gasteiger partial charge on any atom is -0.344 e. The van der Waals surface area contributed by atoms with Gasteiger partial charge in [0.05, 0.1) is 10.6 Å². The van der Waals surface area contributed by atoms with Crippen LogP contribution in [-0.2, 0) is 9.59 Å². The van der Waals surface area contributed by atoms with Crippen LogP contribution in [0.15, 0.2) is 18.2 Å². The average molecular weight is 263 g/mol. The molecule has 1 aliphatic rings. The number of aryl methyl sites for hydroxylation is 1. The van der Waals surface area contributed by atoms with Crippen LogP contribution < -0.4 is 10.6 Å². The van der Waals surface area contributed by atoms with E-state index in [0.717, 1.165) is 5.56 Å². The molecule has 2 amide bonds. The molecule has 1 heterocycles. The fourth-order valence-electron chi connectivity index (χ4n) is 1.89. The van der Waals surface area contributed by atoms with Crippen molar-refractivity contribution in [3.05, 3.63) is 33.9 Å². The van der Waals surface area contributed by atoms with Gasteiger partial charge in [-0.25, -0.2) is 0 Å². The second-order valence-corrected chi connectivity index (χ2v) is 4.40. The van der Waals surface area contributed by atoms with Crippen molar-refractivity contribution >= 4 is 23.2 Å². The first-order valence-electron chi connectivity index (χ1n) is 5.82. The number of nitrogens with one attached hydrogen (secondary N) is 2. The minimum absolute atomic E-state index is 0.0867. The molecule has 0 aromatic heterocycles. The number of carbonyl (C=O) groups is 2. The van der Waals surface area contributed by atoms with Crippen LogP contribution in [0, 0.1) is 17.0 Å². The summed E-state index contributed by atoms with van der Waals surface area (Å²) >= 11 is 0. The quantitative estimate of drug-likeness (QED) is 0.630. The van der Waals surface area contributed by atoms with Gasteiger partial charge in [0.1, 0.15) is 6.04 Å². The minimum atomic E-state index is -0.564. The Balaban J connectivity index is 2.14. The number of carbonyl (C=O) groups excluding carboxylic acids is 2. The molecule has 1 atom stereocenters. The molecule has 19 heavy (non-hydrogen) atoms. The molecule has 2 N–H and O–H groups in total. The highest BCUT2D eigenvalue weighted by molar-refractivity contribution is 5.99. The molecule has 1 unspecified atom stereocenters. The molecular weight excluding hydrogens is 250 g/mol. The van der Waals surface area contributed by atoms with Crippen LogP contribution in [0.5, 0.6) is 0 Å². The predicted octanol–water partition coefficient (Wildman–Crippen LogP) is 1.12. The third kappa shape index (κ3) is 2.87. The molecule has 0 saturated carbocycles. The first-order chi connectivity index (χ1) is 8.97. The van der Waals surface area contributed by atoms with E-state index in [9.17, 15) is 19.7 Å². The highest BCUT2D eigenvalue weighted by Gasteiger charge is 2.27. The first kappa shape index (κ1) is 13.0. The maximum atomic E-state index is 11.9. The normalized spacial score (nSPS) is 17.9. The van der Waals surface area contributed by atoms with E-state index >= 15 is 0 Å². The van der Waals surface area contributed by atoms with Gasteiger partial charge in [-0.3, -0.25) is 19.7 Å². The van der Waals surface area contributed by atoms with Crippen LogP contribution >= 0.6 is 0 Å². The Bertz CT molecular complexity index is 556. The molecule has 2 rings (SSSR count). The molecule has 0 spiro atoms. The van der Waals surface area contributed by atoms with Crippen LogP contribution in [-0.4, -0.2) is 22.8 Å². The van der Waals surface area contributed by atoms with E-state index in [4.69, 9.17) is 0 Å². The van der Waals surface area contributed by atoms with Gasteiger partial charge in [0, 0.05) is 18.6 Å². The summed E-state index contributed by atoms with van der Waals surface area (Å²) in [6.45, 7) is 1.74. The SMILES string of the molecule is Cc1ccc([N+](=O)[O-])cc1NC(=O)C1CCC(=O)N1. The van der Waals surface area contributed by atoms with Crippen LogP contribution in [0.1, 0.15) is 18.4 Å². The highest BCUT2D eigenvalue weighted by atomic mass is 16.6. The van der Waals surface area contributed by atoms with E-state index in [1.807, 2.05) is 0 Å². The zero-order valence-corrected chi connectivity index (χ0v) is 10.3. The van der Waals surface area contributed by atoms with E-state index in [-0.39, 0.29) is 17.5 Å². The molecule has 100 valence electrons. The lowest BCUT2D eigenvalue weighted by Crippen LogP contribution is -2.37. The van der Waals surface area contributed by atoms with Crippen molar-refractivity contribution in [1.29, 1.82) is 0 Å². The topological polar surface area (TPSA) is 101 Å². The van der Waals surface area contributed by atoms with E-state index in [0.29, 0.717) is 18.5 Å². The van der Waals surface area contributed by atoms with E-state index < -0.39 is 11.0 Å². The average Bonchev–Trinajstić information content (AvgIpc) is 2.78. The summed E-state index contributed by atoms with van der Waals surface area (Å²) in [5, 5.41) is 15.8. The summed E-state index contributed by atoms with van der Waals surface area (Å²) in [6.07, 6.45) is 0.768. The smallest absolute Gasteiger partial charge is 0.271 e. The summed E-state index contributed by atoms with van der Waals surface area (Å²) < 4.78 is 0. The lowest BCUT2D eigenvalue weighted by atomic mass is 10.1. The van der Waals surface area contributed by atoms with Gasteiger partial charge >= 0.3 is 0 Å². The number of amides is 2. The molecule has 1 aromatic carbocycles. The molecule has 7 heteroatoms. The fraction of sp³-hybridized carbons (Fsp3) is 0.333. The van der Waals surface area contributed by atoms with Crippen molar-refractivity contribution in [3.8, 4) is 0 Å². The van der Waals surface area contributed by atoms with Crippen molar-refractivity contribution in [1.82, 2.24) is 5.32 Å². The number of nitro benzene ring substituents is 1. The largest absolute Gasteiger partial charge is 0.344 e. The summed E-state index contributed by atoms with van der Waals surface area (Å²) in [7, 11) is 0. The second kappa shape index (κ2) is 5.05. The Kier molecular flexibility index (Phi) is 3.46. The van der Waals surface area contributed by atoms with Gasteiger partial charge in [-0.15, -0.1) is 0 Å². The van der Waals surface area contributed by atoms with Crippen LogP contribution in [0.4, 0.5) is 11.4 Å². The van der Waals surface area contributed by atoms with Gasteiger partial charge in [-0.2, -0.15) is 0 Å². The standard InChI is InChI=1S/C12H13N3O4/c1-7-2-3-8(15(18)19)6-10(7)14-12(17)9-4-5-11(16)13-9/h2-3,6,9H,4-5H2,1H3,(H,13,16)(H,14,17). The molecule has 0 bridgehead atoms. The van der Waals surface area contributed by atoms with Gasteiger partial charge in [0.25, 0.3) is 5.69 Å². The van der Waals surface area contributed by atoms with Crippen molar-refractivity contribution in [2.75, 3.05) is 5.32 Å². The van der Waals surface area contributed by atoms with Gasteiger partial charge < -0.3 is 10.6 Å². The van der Waals surface area contributed by atoms with E-state index in [2.05, 4.69) is 10.6 Å². The molecular formula is C12H13N3O4. The van der Waals surface area contributed by atoms with Gasteiger partial charge in [-0.05, 0) is 18.9 Å². The van der Waals surface area contributed by atoms with Gasteiger partial charge in [-0.1, -0.05) is 6.07 Å². The summed E-state index contributed by atoms with van der Waals surface area (Å²) in [6, 6.07) is 3.69. The van der Waals surface area contributed by atoms with Crippen LogP contribution in [0.2, 0.25) is 0 Å². The number of anilines is 1. The Labute approximate surface area is 109 Å². The number of nitro groups is 1. The monoisotopic (exact) mass is 263 g/mol. The summed E-state index contributed by atoms with van der Waals surface area (Å²) in [4.78, 5) is 33.1. The zero-order chi connectivity index (χ0) is 14.0. The van der Waals surface area contributed by atoms with Crippen molar-refractivity contribution in [3.63, 3.8) is 0 Å². The Morgan fingerprint density at radius 1 is 1.53 bits per heavy atom. The predicted molar refractivity (Wildman–Crippen MR) is 67.6 cm³/mol. The number of hydrogen-bond acceptors (Lipinski definition) is 4. The third-order valence-electron chi connectivity index (χ3n) is 3.00. The lowest BCUT2D eigenvalue weighted by Gasteiger charge is -2.12. The molecule has 1 aromatic rings. The second-order valence-electron chi connectivity index (χ2n) is 4.40. The molecule has 1 saturated heterocycles. The van der Waals surface area contributed by atoms with Crippen LogP contribution in [0.3, 0.4) is 0 Å². The zero-order valence-electron chi connectivity index (χ0n) is 10.3.